The minimum Gasteiger partial charge on any atom is -0.399 e. The van der Waals surface area contributed by atoms with Crippen molar-refractivity contribution in [3.63, 3.8) is 0 Å². The molecule has 0 unspecified atom stereocenters. The van der Waals surface area contributed by atoms with Gasteiger partial charge in [0.2, 0.25) is 5.91 Å². The van der Waals surface area contributed by atoms with E-state index in [4.69, 9.17) is 5.73 Å². The largest absolute Gasteiger partial charge is 0.399 e. The Morgan fingerprint density at radius 1 is 1.33 bits per heavy atom. The summed E-state index contributed by atoms with van der Waals surface area (Å²) in [4.78, 5) is 20.8. The Morgan fingerprint density at radius 3 is 2.74 bits per heavy atom. The SMILES string of the molecule is CC.CCC1=CN=C(CSc2cnc(NC(=O)Cc3ccc(N)cc3)s2)C1.[HH]. The highest BCUT2D eigenvalue weighted by Crippen LogP contribution is 2.29. The van der Waals surface area contributed by atoms with Gasteiger partial charge in [-0.2, -0.15) is 0 Å². The monoisotopic (exact) mass is 404 g/mol. The Balaban J connectivity index is 0.00000127. The van der Waals surface area contributed by atoms with E-state index >= 15 is 0 Å². The van der Waals surface area contributed by atoms with Crippen molar-refractivity contribution in [2.45, 2.75) is 44.2 Å². The first kappa shape index (κ1) is 21.2. The molecule has 1 aromatic carbocycles. The third kappa shape index (κ3) is 6.84. The summed E-state index contributed by atoms with van der Waals surface area (Å²) in [6, 6.07) is 7.31. The Kier molecular flexibility index (Phi) is 8.54. The molecule has 1 aromatic heterocycles. The lowest BCUT2D eigenvalue weighted by atomic mass is 10.1. The number of nitrogens with one attached hydrogen (secondary N) is 1. The fraction of sp³-hybridized carbons (Fsp3) is 0.350. The van der Waals surface area contributed by atoms with Crippen LogP contribution < -0.4 is 11.1 Å². The smallest absolute Gasteiger partial charge is 0.230 e. The molecule has 3 N–H and O–H groups in total. The summed E-state index contributed by atoms with van der Waals surface area (Å²) in [5, 5.41) is 3.48. The topological polar surface area (TPSA) is 80.4 Å². The van der Waals surface area contributed by atoms with Gasteiger partial charge < -0.3 is 11.1 Å². The second-order valence-electron chi connectivity index (χ2n) is 5.75. The molecule has 7 heteroatoms. The Bertz CT molecular complexity index is 816. The van der Waals surface area contributed by atoms with E-state index in [1.54, 1.807) is 30.1 Å². The molecule has 0 bridgehead atoms. The van der Waals surface area contributed by atoms with Gasteiger partial charge in [-0.3, -0.25) is 9.79 Å². The van der Waals surface area contributed by atoms with E-state index in [1.807, 2.05) is 32.2 Å². The van der Waals surface area contributed by atoms with Crippen molar-refractivity contribution in [2.24, 2.45) is 4.99 Å². The van der Waals surface area contributed by atoms with Gasteiger partial charge in [-0.05, 0) is 29.7 Å². The molecule has 0 aliphatic carbocycles. The molecule has 27 heavy (non-hydrogen) atoms. The van der Waals surface area contributed by atoms with Crippen LogP contribution >= 0.6 is 23.1 Å². The highest BCUT2D eigenvalue weighted by molar-refractivity contribution is 8.01. The number of nitrogens with two attached hydrogens (primary N) is 1. The maximum absolute atomic E-state index is 12.1. The van der Waals surface area contributed by atoms with Crippen LogP contribution in [0, 0.1) is 0 Å². The molecule has 3 rings (SSSR count). The molecule has 0 saturated carbocycles. The zero-order valence-electron chi connectivity index (χ0n) is 16.0. The number of rotatable bonds is 7. The van der Waals surface area contributed by atoms with Crippen molar-refractivity contribution < 1.29 is 6.22 Å². The molecule has 0 fully saturated rings. The van der Waals surface area contributed by atoms with Gasteiger partial charge in [0.05, 0.1) is 16.8 Å². The Morgan fingerprint density at radius 2 is 2.07 bits per heavy atom. The van der Waals surface area contributed by atoms with Crippen LogP contribution in [0.5, 0.6) is 0 Å². The van der Waals surface area contributed by atoms with E-state index in [9.17, 15) is 4.79 Å². The predicted molar refractivity (Wildman–Crippen MR) is 120 cm³/mol. The minimum absolute atomic E-state index is 0. The molecule has 2 aromatic rings. The number of nitrogen functional groups attached to an aromatic ring is 1. The van der Waals surface area contributed by atoms with Crippen molar-refractivity contribution in [3.05, 3.63) is 47.8 Å². The summed E-state index contributed by atoms with van der Waals surface area (Å²) in [7, 11) is 0. The van der Waals surface area contributed by atoms with Crippen molar-refractivity contribution in [1.29, 1.82) is 0 Å². The van der Waals surface area contributed by atoms with Crippen LogP contribution in [0.3, 0.4) is 0 Å². The molecule has 1 aliphatic rings. The summed E-state index contributed by atoms with van der Waals surface area (Å²) < 4.78 is 1.08. The minimum atomic E-state index is -0.0763. The number of allylic oxidation sites excluding steroid dienone is 1. The summed E-state index contributed by atoms with van der Waals surface area (Å²) in [5.41, 5.74) is 9.85. The average Bonchev–Trinajstić information content (AvgIpc) is 3.32. The van der Waals surface area contributed by atoms with Gasteiger partial charge in [0.15, 0.2) is 5.13 Å². The number of carbonyl (C=O) groups excluding carboxylic acids is 1. The normalized spacial score (nSPS) is 12.7. The second-order valence-corrected chi connectivity index (χ2v) is 8.06. The summed E-state index contributed by atoms with van der Waals surface area (Å²) in [5.74, 6) is 0.786. The number of hydrogen-bond donors (Lipinski definition) is 2. The van der Waals surface area contributed by atoms with E-state index < -0.39 is 0 Å². The molecule has 0 radical (unpaired) electrons. The summed E-state index contributed by atoms with van der Waals surface area (Å²) >= 11 is 3.20. The van der Waals surface area contributed by atoms with Crippen molar-refractivity contribution in [2.75, 3.05) is 16.8 Å². The van der Waals surface area contributed by atoms with Gasteiger partial charge in [-0.25, -0.2) is 4.98 Å². The molecule has 146 valence electrons. The second kappa shape index (κ2) is 10.9. The van der Waals surface area contributed by atoms with E-state index in [0.717, 1.165) is 28.4 Å². The number of aromatic nitrogens is 1. The molecule has 2 heterocycles. The molecule has 1 aliphatic heterocycles. The van der Waals surface area contributed by atoms with Gasteiger partial charge in [-0.15, -0.1) is 11.8 Å². The van der Waals surface area contributed by atoms with Crippen LogP contribution in [-0.2, 0) is 11.2 Å². The molecular formula is C20H28N4OS2. The predicted octanol–water partition coefficient (Wildman–Crippen LogP) is 5.41. The molecule has 0 saturated heterocycles. The summed E-state index contributed by atoms with van der Waals surface area (Å²) in [6.07, 6.45) is 6.13. The highest BCUT2D eigenvalue weighted by Gasteiger charge is 2.12. The molecular weight excluding hydrogens is 376 g/mol. The van der Waals surface area contributed by atoms with E-state index in [1.165, 1.54) is 22.6 Å². The van der Waals surface area contributed by atoms with E-state index in [0.29, 0.717) is 17.2 Å². The maximum Gasteiger partial charge on any atom is 0.230 e. The molecule has 1 amide bonds. The number of thioether (sulfide) groups is 1. The molecule has 0 atom stereocenters. The first-order valence-corrected chi connectivity index (χ1v) is 10.9. The quantitative estimate of drug-likeness (QED) is 0.477. The van der Waals surface area contributed by atoms with Crippen LogP contribution in [0.15, 0.2) is 51.4 Å². The standard InChI is InChI=1S/C18H20N4OS2.C2H6.H2/c1-2-12-7-15(20-9-12)11-24-17-10-21-18(25-17)22-16(23)8-13-3-5-14(19)6-4-13;1-2;/h3-6,9-10H,2,7-8,11,19H2,1H3,(H,21,22,23);1-2H3;1H. The lowest BCUT2D eigenvalue weighted by Gasteiger charge is -2.02. The van der Waals surface area contributed by atoms with Gasteiger partial charge >= 0.3 is 0 Å². The zero-order valence-corrected chi connectivity index (χ0v) is 17.6. The fourth-order valence-corrected chi connectivity index (χ4v) is 4.19. The number of anilines is 2. The Labute approximate surface area is 170 Å². The average molecular weight is 405 g/mol. The first-order chi connectivity index (χ1) is 13.1. The van der Waals surface area contributed by atoms with Crippen LogP contribution in [-0.4, -0.2) is 22.4 Å². The number of hydrogen-bond acceptors (Lipinski definition) is 6. The van der Waals surface area contributed by atoms with E-state index in [2.05, 4.69) is 22.2 Å². The van der Waals surface area contributed by atoms with Crippen molar-refractivity contribution >= 4 is 45.5 Å². The van der Waals surface area contributed by atoms with Crippen molar-refractivity contribution in [3.8, 4) is 0 Å². The molecule has 0 spiro atoms. The van der Waals surface area contributed by atoms with Gasteiger partial charge in [0, 0.05) is 31.2 Å². The number of aliphatic imine (C=N–C) groups is 1. The van der Waals surface area contributed by atoms with E-state index in [-0.39, 0.29) is 7.33 Å². The molecule has 5 nitrogen and oxygen atoms in total. The first-order valence-electron chi connectivity index (χ1n) is 9.08. The highest BCUT2D eigenvalue weighted by atomic mass is 32.2. The third-order valence-electron chi connectivity index (χ3n) is 3.77. The number of thiazole rings is 1. The van der Waals surface area contributed by atoms with Gasteiger partial charge in [-0.1, -0.05) is 44.2 Å². The third-order valence-corrected chi connectivity index (χ3v) is 5.95. The maximum atomic E-state index is 12.1. The number of carbonyl (C=O) groups is 1. The van der Waals surface area contributed by atoms with Crippen molar-refractivity contribution in [1.82, 2.24) is 4.98 Å². The fourth-order valence-electron chi connectivity index (χ4n) is 2.36. The van der Waals surface area contributed by atoms with Gasteiger partial charge in [0.25, 0.3) is 0 Å². The van der Waals surface area contributed by atoms with Crippen LogP contribution in [0.2, 0.25) is 0 Å². The number of amides is 1. The summed E-state index contributed by atoms with van der Waals surface area (Å²) in [6.45, 7) is 6.15. The van der Waals surface area contributed by atoms with Crippen LogP contribution in [0.1, 0.15) is 40.6 Å². The Hall–Kier alpha value is -2.12. The lowest BCUT2D eigenvalue weighted by Crippen LogP contribution is -2.14. The lowest BCUT2D eigenvalue weighted by molar-refractivity contribution is -0.115. The number of benzene rings is 1. The van der Waals surface area contributed by atoms with Crippen LogP contribution in [0.25, 0.3) is 0 Å². The van der Waals surface area contributed by atoms with Crippen LogP contribution in [0.4, 0.5) is 10.8 Å². The zero-order chi connectivity index (χ0) is 19.6. The number of nitrogens with zero attached hydrogens (tertiary/aromatic N) is 2. The van der Waals surface area contributed by atoms with Gasteiger partial charge in [0.1, 0.15) is 0 Å².